The predicted molar refractivity (Wildman–Crippen MR) is 79.6 cm³/mol. The third-order valence-corrected chi connectivity index (χ3v) is 3.08. The molecule has 1 atom stereocenters. The molecule has 3 nitrogen and oxygen atoms in total. The van der Waals surface area contributed by atoms with E-state index in [1.54, 1.807) is 0 Å². The average molecular weight is 265 g/mol. The molecule has 3 heteroatoms. The highest BCUT2D eigenvalue weighted by Gasteiger charge is 2.11. The van der Waals surface area contributed by atoms with Gasteiger partial charge in [-0.3, -0.25) is 0 Å². The standard InChI is InChI=1S/C16H27NO2/c1-11(2)10-19-16-13(4)7-12(3)8-14(16)5-6-15(18)9-17/h7-8,11,15,18H,5-6,9-10,17H2,1-4H3. The monoisotopic (exact) mass is 265 g/mol. The summed E-state index contributed by atoms with van der Waals surface area (Å²) in [6, 6.07) is 4.28. The second-order valence-electron chi connectivity index (χ2n) is 5.70. The number of rotatable bonds is 7. The smallest absolute Gasteiger partial charge is 0.125 e. The fraction of sp³-hybridized carbons (Fsp3) is 0.625. The first kappa shape index (κ1) is 16.0. The van der Waals surface area contributed by atoms with Crippen LogP contribution < -0.4 is 10.5 Å². The summed E-state index contributed by atoms with van der Waals surface area (Å²) in [7, 11) is 0. The summed E-state index contributed by atoms with van der Waals surface area (Å²) in [6.45, 7) is 9.47. The van der Waals surface area contributed by atoms with Crippen molar-refractivity contribution in [1.29, 1.82) is 0 Å². The molecule has 0 aromatic heterocycles. The van der Waals surface area contributed by atoms with Gasteiger partial charge in [-0.25, -0.2) is 0 Å². The minimum Gasteiger partial charge on any atom is -0.493 e. The molecule has 0 spiro atoms. The largest absolute Gasteiger partial charge is 0.493 e. The molecule has 0 saturated heterocycles. The van der Waals surface area contributed by atoms with Crippen molar-refractivity contribution in [3.05, 3.63) is 28.8 Å². The molecular weight excluding hydrogens is 238 g/mol. The lowest BCUT2D eigenvalue weighted by atomic mass is 10.00. The van der Waals surface area contributed by atoms with Crippen molar-refractivity contribution in [1.82, 2.24) is 0 Å². The quantitative estimate of drug-likeness (QED) is 0.796. The topological polar surface area (TPSA) is 55.5 Å². The highest BCUT2D eigenvalue weighted by molar-refractivity contribution is 5.44. The van der Waals surface area contributed by atoms with Crippen molar-refractivity contribution in [2.75, 3.05) is 13.2 Å². The fourth-order valence-corrected chi connectivity index (χ4v) is 2.12. The third kappa shape index (κ3) is 5.21. The molecule has 0 aliphatic heterocycles. The van der Waals surface area contributed by atoms with Crippen LogP contribution in [0.2, 0.25) is 0 Å². The number of hydrogen-bond donors (Lipinski definition) is 2. The number of nitrogens with two attached hydrogens (primary N) is 1. The van der Waals surface area contributed by atoms with E-state index < -0.39 is 6.10 Å². The minimum atomic E-state index is -0.432. The molecule has 1 unspecified atom stereocenters. The zero-order valence-electron chi connectivity index (χ0n) is 12.6. The van der Waals surface area contributed by atoms with Crippen molar-refractivity contribution in [3.8, 4) is 5.75 Å². The van der Waals surface area contributed by atoms with E-state index in [4.69, 9.17) is 10.5 Å². The van der Waals surface area contributed by atoms with Gasteiger partial charge in [0.2, 0.25) is 0 Å². The van der Waals surface area contributed by atoms with Crippen LogP contribution in [-0.4, -0.2) is 24.4 Å². The Morgan fingerprint density at radius 2 is 1.95 bits per heavy atom. The molecule has 0 bridgehead atoms. The van der Waals surface area contributed by atoms with E-state index >= 15 is 0 Å². The second kappa shape index (κ2) is 7.51. The van der Waals surface area contributed by atoms with Gasteiger partial charge in [0.25, 0.3) is 0 Å². The molecule has 0 radical (unpaired) electrons. The van der Waals surface area contributed by atoms with Gasteiger partial charge in [-0.15, -0.1) is 0 Å². The van der Waals surface area contributed by atoms with E-state index in [9.17, 15) is 5.11 Å². The zero-order valence-corrected chi connectivity index (χ0v) is 12.6. The van der Waals surface area contributed by atoms with Gasteiger partial charge >= 0.3 is 0 Å². The van der Waals surface area contributed by atoms with Crippen LogP contribution in [0.15, 0.2) is 12.1 Å². The Balaban J connectivity index is 2.86. The van der Waals surface area contributed by atoms with Crippen LogP contribution in [0.3, 0.4) is 0 Å². The molecule has 0 amide bonds. The van der Waals surface area contributed by atoms with Crippen LogP contribution >= 0.6 is 0 Å². The van der Waals surface area contributed by atoms with Crippen molar-refractivity contribution in [3.63, 3.8) is 0 Å². The van der Waals surface area contributed by atoms with Crippen molar-refractivity contribution < 1.29 is 9.84 Å². The maximum atomic E-state index is 9.60. The van der Waals surface area contributed by atoms with Crippen LogP contribution in [0.4, 0.5) is 0 Å². The first-order valence-electron chi connectivity index (χ1n) is 7.05. The molecule has 1 rings (SSSR count). The number of aryl methyl sites for hydroxylation is 3. The fourth-order valence-electron chi connectivity index (χ4n) is 2.12. The lowest BCUT2D eigenvalue weighted by Gasteiger charge is -2.17. The van der Waals surface area contributed by atoms with Gasteiger partial charge in [0.15, 0.2) is 0 Å². The van der Waals surface area contributed by atoms with Gasteiger partial charge in [-0.05, 0) is 43.7 Å². The van der Waals surface area contributed by atoms with Gasteiger partial charge in [-0.1, -0.05) is 31.5 Å². The molecule has 0 heterocycles. The van der Waals surface area contributed by atoms with Crippen LogP contribution in [-0.2, 0) is 6.42 Å². The van der Waals surface area contributed by atoms with Crippen LogP contribution in [0.25, 0.3) is 0 Å². The Morgan fingerprint density at radius 1 is 1.26 bits per heavy atom. The molecule has 0 fully saturated rings. The Kier molecular flexibility index (Phi) is 6.32. The molecule has 1 aromatic rings. The van der Waals surface area contributed by atoms with E-state index in [2.05, 4.69) is 39.8 Å². The third-order valence-electron chi connectivity index (χ3n) is 3.08. The first-order chi connectivity index (χ1) is 8.93. The van der Waals surface area contributed by atoms with Crippen LogP contribution in [0, 0.1) is 19.8 Å². The Morgan fingerprint density at radius 3 is 2.53 bits per heavy atom. The molecule has 0 aliphatic carbocycles. The zero-order chi connectivity index (χ0) is 14.4. The van der Waals surface area contributed by atoms with Gasteiger partial charge < -0.3 is 15.6 Å². The summed E-state index contributed by atoms with van der Waals surface area (Å²) >= 11 is 0. The van der Waals surface area contributed by atoms with E-state index in [0.29, 0.717) is 18.9 Å². The predicted octanol–water partition coefficient (Wildman–Crippen LogP) is 2.59. The highest BCUT2D eigenvalue weighted by atomic mass is 16.5. The molecule has 108 valence electrons. The van der Waals surface area contributed by atoms with Gasteiger partial charge in [0, 0.05) is 6.54 Å². The van der Waals surface area contributed by atoms with E-state index in [0.717, 1.165) is 24.3 Å². The summed E-state index contributed by atoms with van der Waals surface area (Å²) in [5.74, 6) is 1.48. The lowest BCUT2D eigenvalue weighted by molar-refractivity contribution is 0.172. The van der Waals surface area contributed by atoms with E-state index in [1.807, 2.05) is 0 Å². The minimum absolute atomic E-state index is 0.312. The van der Waals surface area contributed by atoms with Crippen molar-refractivity contribution in [2.45, 2.75) is 46.6 Å². The SMILES string of the molecule is Cc1cc(C)c(OCC(C)C)c(CCC(O)CN)c1. The van der Waals surface area contributed by atoms with Crippen LogP contribution in [0.1, 0.15) is 37.0 Å². The number of ether oxygens (including phenoxy) is 1. The summed E-state index contributed by atoms with van der Waals surface area (Å²) in [4.78, 5) is 0. The Labute approximate surface area is 116 Å². The molecule has 0 saturated carbocycles. The number of benzene rings is 1. The average Bonchev–Trinajstić information content (AvgIpc) is 2.34. The first-order valence-corrected chi connectivity index (χ1v) is 7.05. The number of aliphatic hydroxyl groups is 1. The van der Waals surface area contributed by atoms with Gasteiger partial charge in [0.1, 0.15) is 5.75 Å². The summed E-state index contributed by atoms with van der Waals surface area (Å²) in [6.07, 6.45) is 1.05. The summed E-state index contributed by atoms with van der Waals surface area (Å²) in [5, 5.41) is 9.60. The lowest BCUT2D eigenvalue weighted by Crippen LogP contribution is -2.20. The van der Waals surface area contributed by atoms with E-state index in [-0.39, 0.29) is 0 Å². The maximum Gasteiger partial charge on any atom is 0.125 e. The molecule has 19 heavy (non-hydrogen) atoms. The van der Waals surface area contributed by atoms with Crippen LogP contribution in [0.5, 0.6) is 5.75 Å². The van der Waals surface area contributed by atoms with Crippen molar-refractivity contribution >= 4 is 0 Å². The summed E-state index contributed by atoms with van der Waals surface area (Å²) < 4.78 is 5.94. The number of aliphatic hydroxyl groups excluding tert-OH is 1. The van der Waals surface area contributed by atoms with E-state index in [1.165, 1.54) is 11.1 Å². The molecule has 0 aliphatic rings. The van der Waals surface area contributed by atoms with Gasteiger partial charge in [-0.2, -0.15) is 0 Å². The highest BCUT2D eigenvalue weighted by Crippen LogP contribution is 2.27. The Hall–Kier alpha value is -1.06. The summed E-state index contributed by atoms with van der Waals surface area (Å²) in [5.41, 5.74) is 9.02. The maximum absolute atomic E-state index is 9.60. The normalized spacial score (nSPS) is 12.8. The van der Waals surface area contributed by atoms with Gasteiger partial charge in [0.05, 0.1) is 12.7 Å². The second-order valence-corrected chi connectivity index (χ2v) is 5.70. The number of hydrogen-bond acceptors (Lipinski definition) is 3. The Bertz CT molecular complexity index is 402. The van der Waals surface area contributed by atoms with Crippen molar-refractivity contribution in [2.24, 2.45) is 11.7 Å². The molecule has 3 N–H and O–H groups in total. The molecule has 1 aromatic carbocycles. The molecular formula is C16H27NO2.